The zero-order chi connectivity index (χ0) is 22.8. The number of amides is 2. The molecule has 9 nitrogen and oxygen atoms in total. The molecule has 3 N–H and O–H groups in total. The van der Waals surface area contributed by atoms with E-state index in [4.69, 9.17) is 0 Å². The number of sulfone groups is 1. The first-order chi connectivity index (χ1) is 14.4. The van der Waals surface area contributed by atoms with E-state index in [1.165, 1.54) is 37.3 Å². The summed E-state index contributed by atoms with van der Waals surface area (Å²) in [6, 6.07) is 8.09. The average molecular weight is 470 g/mol. The quantitative estimate of drug-likeness (QED) is 0.586. The third-order valence-electron chi connectivity index (χ3n) is 4.50. The van der Waals surface area contributed by atoms with Crippen LogP contribution in [0.2, 0.25) is 0 Å². The van der Waals surface area contributed by atoms with E-state index in [0.29, 0.717) is 0 Å². The number of hydrogen-bond donors (Lipinski definition) is 3. The highest BCUT2D eigenvalue weighted by molar-refractivity contribution is 7.92. The Bertz CT molecular complexity index is 1250. The smallest absolute Gasteiger partial charge is 0.255 e. The maximum atomic E-state index is 13.8. The Hall–Kier alpha value is -2.83. The molecule has 1 unspecified atom stereocenters. The Balaban J connectivity index is 1.76. The Morgan fingerprint density at radius 3 is 2.48 bits per heavy atom. The Labute approximate surface area is 179 Å². The third kappa shape index (κ3) is 5.87. The van der Waals surface area contributed by atoms with Gasteiger partial charge in [-0.05, 0) is 42.8 Å². The largest absolute Gasteiger partial charge is 0.324 e. The molecule has 0 spiro atoms. The van der Waals surface area contributed by atoms with Crippen molar-refractivity contribution in [1.29, 1.82) is 0 Å². The van der Waals surface area contributed by atoms with Gasteiger partial charge in [0.1, 0.15) is 5.82 Å². The molecule has 2 amide bonds. The molecule has 31 heavy (non-hydrogen) atoms. The summed E-state index contributed by atoms with van der Waals surface area (Å²) >= 11 is 0. The van der Waals surface area contributed by atoms with Crippen molar-refractivity contribution >= 4 is 43.0 Å². The number of carbonyl (C=O) groups is 2. The van der Waals surface area contributed by atoms with Gasteiger partial charge in [0, 0.05) is 24.2 Å². The second-order valence-electron chi connectivity index (χ2n) is 7.08. The van der Waals surface area contributed by atoms with Crippen LogP contribution in [0, 0.1) is 5.82 Å². The fourth-order valence-electron chi connectivity index (χ4n) is 3.07. The highest BCUT2D eigenvalue weighted by Crippen LogP contribution is 2.21. The molecule has 0 aromatic heterocycles. The molecule has 3 rings (SSSR count). The minimum Gasteiger partial charge on any atom is -0.324 e. The molecule has 1 heterocycles. The average Bonchev–Trinajstić information content (AvgIpc) is 3.01. The molecule has 0 aliphatic carbocycles. The number of rotatable bonds is 6. The lowest BCUT2D eigenvalue weighted by Gasteiger charge is -2.13. The SMILES string of the molecule is CC(=O)Nc1cc(NC(=O)c2cccc(S(=O)(=O)NC3CCS(=O)(=O)C3)c2)ccc1F. The summed E-state index contributed by atoms with van der Waals surface area (Å²) in [7, 11) is -7.30. The second-order valence-corrected chi connectivity index (χ2v) is 11.0. The van der Waals surface area contributed by atoms with Crippen LogP contribution < -0.4 is 15.4 Å². The lowest BCUT2D eigenvalue weighted by molar-refractivity contribution is -0.114. The van der Waals surface area contributed by atoms with Crippen LogP contribution in [0.4, 0.5) is 15.8 Å². The highest BCUT2D eigenvalue weighted by Gasteiger charge is 2.31. The molecular weight excluding hydrogens is 449 g/mol. The van der Waals surface area contributed by atoms with E-state index >= 15 is 0 Å². The van der Waals surface area contributed by atoms with Crippen molar-refractivity contribution < 1.29 is 30.8 Å². The van der Waals surface area contributed by atoms with Crippen molar-refractivity contribution in [2.45, 2.75) is 24.3 Å². The number of sulfonamides is 1. The fraction of sp³-hybridized carbons (Fsp3) is 0.263. The molecule has 2 aromatic carbocycles. The molecule has 0 radical (unpaired) electrons. The van der Waals surface area contributed by atoms with Gasteiger partial charge in [-0.25, -0.2) is 25.9 Å². The van der Waals surface area contributed by atoms with Gasteiger partial charge in [-0.1, -0.05) is 6.07 Å². The van der Waals surface area contributed by atoms with Crippen LogP contribution in [0.25, 0.3) is 0 Å². The van der Waals surface area contributed by atoms with Crippen LogP contribution in [0.5, 0.6) is 0 Å². The molecular formula is C19H20FN3O6S2. The zero-order valence-electron chi connectivity index (χ0n) is 16.4. The van der Waals surface area contributed by atoms with Gasteiger partial charge < -0.3 is 10.6 Å². The van der Waals surface area contributed by atoms with Crippen molar-refractivity contribution in [3.8, 4) is 0 Å². The van der Waals surface area contributed by atoms with Gasteiger partial charge in [0.05, 0.1) is 22.1 Å². The zero-order valence-corrected chi connectivity index (χ0v) is 18.0. The summed E-state index contributed by atoms with van der Waals surface area (Å²) in [5, 5.41) is 4.81. The molecule has 2 aromatic rings. The summed E-state index contributed by atoms with van der Waals surface area (Å²) in [6.07, 6.45) is 0.183. The third-order valence-corrected chi connectivity index (χ3v) is 7.78. The van der Waals surface area contributed by atoms with E-state index in [0.717, 1.165) is 12.1 Å². The molecule has 12 heteroatoms. The van der Waals surface area contributed by atoms with Gasteiger partial charge in [-0.2, -0.15) is 0 Å². The first-order valence-corrected chi connectivity index (χ1v) is 12.5. The maximum absolute atomic E-state index is 13.8. The van der Waals surface area contributed by atoms with Crippen LogP contribution >= 0.6 is 0 Å². The van der Waals surface area contributed by atoms with Gasteiger partial charge in [-0.3, -0.25) is 9.59 Å². The standard InChI is InChI=1S/C19H20FN3O6S2/c1-12(24)21-18-10-14(5-6-17(18)20)22-19(25)13-3-2-4-16(9-13)31(28,29)23-15-7-8-30(26,27)11-15/h2-6,9-10,15,23H,7-8,11H2,1H3,(H,21,24)(H,22,25). The van der Waals surface area contributed by atoms with Crippen molar-refractivity contribution in [1.82, 2.24) is 4.72 Å². The Kier molecular flexibility index (Phi) is 6.43. The lowest BCUT2D eigenvalue weighted by atomic mass is 10.2. The molecule has 1 atom stereocenters. The van der Waals surface area contributed by atoms with E-state index < -0.39 is 43.5 Å². The number of benzene rings is 2. The predicted octanol–water partition coefficient (Wildman–Crippen LogP) is 1.50. The fourth-order valence-corrected chi connectivity index (χ4v) is 6.17. The van der Waals surface area contributed by atoms with E-state index in [1.54, 1.807) is 0 Å². The molecule has 0 saturated carbocycles. The first kappa shape index (κ1) is 22.8. The van der Waals surface area contributed by atoms with Gasteiger partial charge >= 0.3 is 0 Å². The second kappa shape index (κ2) is 8.73. The van der Waals surface area contributed by atoms with Crippen molar-refractivity contribution in [3.63, 3.8) is 0 Å². The summed E-state index contributed by atoms with van der Waals surface area (Å²) in [4.78, 5) is 23.5. The summed E-state index contributed by atoms with van der Waals surface area (Å²) in [5.74, 6) is -2.17. The minimum atomic E-state index is -4.04. The Morgan fingerprint density at radius 1 is 1.10 bits per heavy atom. The van der Waals surface area contributed by atoms with E-state index in [2.05, 4.69) is 15.4 Å². The predicted molar refractivity (Wildman–Crippen MR) is 112 cm³/mol. The van der Waals surface area contributed by atoms with Crippen LogP contribution in [0.15, 0.2) is 47.4 Å². The summed E-state index contributed by atoms with van der Waals surface area (Å²) < 4.78 is 64.4. The van der Waals surface area contributed by atoms with E-state index in [1.807, 2.05) is 0 Å². The first-order valence-electron chi connectivity index (χ1n) is 9.16. The molecule has 1 aliphatic heterocycles. The highest BCUT2D eigenvalue weighted by atomic mass is 32.2. The molecule has 166 valence electrons. The Morgan fingerprint density at radius 2 is 1.84 bits per heavy atom. The van der Waals surface area contributed by atoms with Crippen molar-refractivity contribution in [3.05, 3.63) is 53.8 Å². The normalized spacial score (nSPS) is 17.8. The monoisotopic (exact) mass is 469 g/mol. The minimum absolute atomic E-state index is 0.0207. The number of nitrogens with one attached hydrogen (secondary N) is 3. The molecule has 0 bridgehead atoms. The summed E-state index contributed by atoms with van der Waals surface area (Å²) in [5.41, 5.74) is 0.0994. The molecule has 1 saturated heterocycles. The van der Waals surface area contributed by atoms with Crippen LogP contribution in [-0.4, -0.2) is 46.2 Å². The van der Waals surface area contributed by atoms with Gasteiger partial charge in [0.15, 0.2) is 9.84 Å². The van der Waals surface area contributed by atoms with E-state index in [9.17, 15) is 30.8 Å². The summed E-state index contributed by atoms with van der Waals surface area (Å²) in [6.45, 7) is 1.21. The number of carbonyl (C=O) groups excluding carboxylic acids is 2. The van der Waals surface area contributed by atoms with Crippen LogP contribution in [0.3, 0.4) is 0 Å². The molecule has 1 aliphatic rings. The number of anilines is 2. The van der Waals surface area contributed by atoms with Crippen LogP contribution in [-0.2, 0) is 24.7 Å². The number of hydrogen-bond acceptors (Lipinski definition) is 6. The topological polar surface area (TPSA) is 139 Å². The van der Waals surface area contributed by atoms with Gasteiger partial charge in [-0.15, -0.1) is 0 Å². The van der Waals surface area contributed by atoms with Crippen molar-refractivity contribution in [2.24, 2.45) is 0 Å². The van der Waals surface area contributed by atoms with Crippen LogP contribution in [0.1, 0.15) is 23.7 Å². The number of halogens is 1. The maximum Gasteiger partial charge on any atom is 0.255 e. The van der Waals surface area contributed by atoms with Gasteiger partial charge in [0.25, 0.3) is 5.91 Å². The molecule has 1 fully saturated rings. The van der Waals surface area contributed by atoms with Crippen molar-refractivity contribution in [2.75, 3.05) is 22.1 Å². The van der Waals surface area contributed by atoms with Gasteiger partial charge in [0.2, 0.25) is 15.9 Å². The van der Waals surface area contributed by atoms with E-state index in [-0.39, 0.29) is 39.8 Å². The lowest BCUT2D eigenvalue weighted by Crippen LogP contribution is -2.35.